The minimum atomic E-state index is 0.535. The Morgan fingerprint density at radius 1 is 0.676 bits per heavy atom. The largest absolute Gasteiger partial charge is 0.0929 e. The number of allylic oxidation sites excluding steroid dienone is 6. The number of fused-ring (bicyclic) bond motifs is 9. The Labute approximate surface area is 223 Å². The van der Waals surface area contributed by atoms with Crippen LogP contribution in [-0.2, 0) is 12.8 Å². The maximum atomic E-state index is 2.45. The van der Waals surface area contributed by atoms with Crippen LogP contribution < -0.4 is 0 Å². The number of rotatable bonds is 2. The molecule has 4 aromatic rings. The number of hydrogen-bond donors (Lipinski definition) is 0. The normalized spacial score (nSPS) is 18.8. The molecule has 0 amide bonds. The molecule has 0 saturated carbocycles. The van der Waals surface area contributed by atoms with E-state index in [0.29, 0.717) is 5.92 Å². The zero-order valence-electron chi connectivity index (χ0n) is 20.8. The van der Waals surface area contributed by atoms with E-state index >= 15 is 0 Å². The SMILES string of the molecule is C1=CCC2C(=C1)Sc1c(-c3cccc(-c4ccc5c6c(c7c(c5c4)C=CCC7)CCC=C6)c3)cccc12. The molecule has 37 heavy (non-hydrogen) atoms. The van der Waals surface area contributed by atoms with Gasteiger partial charge in [-0.25, -0.2) is 0 Å². The third-order valence-corrected chi connectivity index (χ3v) is 9.88. The monoisotopic (exact) mass is 492 g/mol. The first-order chi connectivity index (χ1) is 18.3. The van der Waals surface area contributed by atoms with E-state index < -0.39 is 0 Å². The maximum Gasteiger partial charge on any atom is 0.0236 e. The van der Waals surface area contributed by atoms with Crippen LogP contribution >= 0.6 is 11.8 Å². The highest BCUT2D eigenvalue weighted by Crippen LogP contribution is 2.54. The first kappa shape index (κ1) is 21.5. The minimum Gasteiger partial charge on any atom is -0.0929 e. The molecule has 1 aliphatic heterocycles. The standard InChI is InChI=1S/C36H28S/c1-2-13-29-27(11-1)28-12-3-4-14-30(28)34-22-24(19-20-31(29)34)23-9-7-10-25(21-23)26-16-8-17-33-32-15-5-6-18-35(32)37-36(26)33/h2,4-10,13-14,16-22,32H,1,3,11-12,15H2. The molecule has 0 bridgehead atoms. The van der Waals surface area contributed by atoms with Crippen LogP contribution in [-0.4, -0.2) is 0 Å². The fourth-order valence-electron chi connectivity index (χ4n) is 6.79. The van der Waals surface area contributed by atoms with Gasteiger partial charge in [0.15, 0.2) is 0 Å². The summed E-state index contributed by atoms with van der Waals surface area (Å²) in [6, 6.07) is 23.2. The predicted molar refractivity (Wildman–Crippen MR) is 160 cm³/mol. The Bertz CT molecular complexity index is 1730. The molecule has 1 atom stereocenters. The van der Waals surface area contributed by atoms with Crippen molar-refractivity contribution in [3.63, 3.8) is 0 Å². The molecule has 0 radical (unpaired) electrons. The molecule has 0 nitrogen and oxygen atoms in total. The lowest BCUT2D eigenvalue weighted by Crippen LogP contribution is -2.07. The molecule has 178 valence electrons. The van der Waals surface area contributed by atoms with Crippen LogP contribution in [0.1, 0.15) is 53.0 Å². The summed E-state index contributed by atoms with van der Waals surface area (Å²) in [6.45, 7) is 0. The van der Waals surface area contributed by atoms with E-state index in [4.69, 9.17) is 0 Å². The molecule has 3 aliphatic carbocycles. The highest BCUT2D eigenvalue weighted by atomic mass is 32.2. The van der Waals surface area contributed by atoms with Crippen LogP contribution in [0.3, 0.4) is 0 Å². The lowest BCUT2D eigenvalue weighted by atomic mass is 9.80. The van der Waals surface area contributed by atoms with Crippen LogP contribution in [0, 0.1) is 0 Å². The van der Waals surface area contributed by atoms with E-state index in [-0.39, 0.29) is 0 Å². The van der Waals surface area contributed by atoms with Crippen molar-refractivity contribution >= 4 is 34.7 Å². The van der Waals surface area contributed by atoms with Crippen molar-refractivity contribution in [1.82, 2.24) is 0 Å². The van der Waals surface area contributed by atoms with E-state index in [1.54, 1.807) is 11.1 Å². The quantitative estimate of drug-likeness (QED) is 0.268. The molecule has 0 fully saturated rings. The summed E-state index contributed by atoms with van der Waals surface area (Å²) in [5.41, 5.74) is 12.8. The highest BCUT2D eigenvalue weighted by molar-refractivity contribution is 8.03. The summed E-state index contributed by atoms with van der Waals surface area (Å²) in [7, 11) is 0. The predicted octanol–water partition coefficient (Wildman–Crippen LogP) is 10.1. The third-order valence-electron chi connectivity index (χ3n) is 8.56. The van der Waals surface area contributed by atoms with Gasteiger partial charge in [0.05, 0.1) is 0 Å². The van der Waals surface area contributed by atoms with Crippen molar-refractivity contribution in [2.24, 2.45) is 0 Å². The second kappa shape index (κ2) is 8.50. The van der Waals surface area contributed by atoms with Crippen molar-refractivity contribution in [3.05, 3.63) is 124 Å². The molecular formula is C36H28S. The van der Waals surface area contributed by atoms with E-state index in [2.05, 4.69) is 103 Å². The maximum absolute atomic E-state index is 2.45. The van der Waals surface area contributed by atoms with E-state index in [1.807, 2.05) is 11.8 Å². The van der Waals surface area contributed by atoms with Crippen LogP contribution in [0.25, 0.3) is 45.2 Å². The molecule has 1 heterocycles. The smallest absolute Gasteiger partial charge is 0.0236 e. The molecule has 0 N–H and O–H groups in total. The summed E-state index contributed by atoms with van der Waals surface area (Å²) in [5, 5.41) is 2.80. The Hall–Kier alpha value is -3.55. The summed E-state index contributed by atoms with van der Waals surface area (Å²) in [6.07, 6.45) is 22.1. The molecule has 4 aliphatic rings. The first-order valence-electron chi connectivity index (χ1n) is 13.6. The molecule has 0 spiro atoms. The van der Waals surface area contributed by atoms with E-state index in [9.17, 15) is 0 Å². The second-order valence-electron chi connectivity index (χ2n) is 10.6. The lowest BCUT2D eigenvalue weighted by Gasteiger charge is -2.24. The zero-order chi connectivity index (χ0) is 24.3. The van der Waals surface area contributed by atoms with Gasteiger partial charge in [-0.1, -0.05) is 103 Å². The number of thioether (sulfide) groups is 1. The second-order valence-corrected chi connectivity index (χ2v) is 11.7. The Balaban J connectivity index is 1.26. The summed E-state index contributed by atoms with van der Waals surface area (Å²) in [5.74, 6) is 0.535. The van der Waals surface area contributed by atoms with Gasteiger partial charge < -0.3 is 0 Å². The van der Waals surface area contributed by atoms with Crippen molar-refractivity contribution in [3.8, 4) is 22.3 Å². The van der Waals surface area contributed by atoms with Crippen LogP contribution in [0.15, 0.2) is 101 Å². The topological polar surface area (TPSA) is 0 Å². The molecule has 0 saturated heterocycles. The van der Waals surface area contributed by atoms with Crippen LogP contribution in [0.4, 0.5) is 0 Å². The van der Waals surface area contributed by atoms with Crippen molar-refractivity contribution in [2.45, 2.75) is 42.9 Å². The Morgan fingerprint density at radius 2 is 1.43 bits per heavy atom. The molecule has 4 aromatic carbocycles. The van der Waals surface area contributed by atoms with Crippen molar-refractivity contribution in [2.75, 3.05) is 0 Å². The van der Waals surface area contributed by atoms with Gasteiger partial charge in [0, 0.05) is 10.8 Å². The van der Waals surface area contributed by atoms with Gasteiger partial charge >= 0.3 is 0 Å². The van der Waals surface area contributed by atoms with E-state index in [0.717, 1.165) is 19.3 Å². The average molecular weight is 493 g/mol. The highest BCUT2D eigenvalue weighted by Gasteiger charge is 2.30. The third kappa shape index (κ3) is 3.37. The minimum absolute atomic E-state index is 0.535. The van der Waals surface area contributed by atoms with Gasteiger partial charge in [-0.05, 0) is 110 Å². The molecular weight excluding hydrogens is 464 g/mol. The number of hydrogen-bond acceptors (Lipinski definition) is 1. The van der Waals surface area contributed by atoms with Gasteiger partial charge in [-0.15, -0.1) is 0 Å². The molecule has 0 aromatic heterocycles. The van der Waals surface area contributed by atoms with Gasteiger partial charge in [0.2, 0.25) is 0 Å². The van der Waals surface area contributed by atoms with Gasteiger partial charge in [-0.2, -0.15) is 0 Å². The van der Waals surface area contributed by atoms with Gasteiger partial charge in [-0.3, -0.25) is 0 Å². The molecule has 1 heteroatoms. The fourth-order valence-corrected chi connectivity index (χ4v) is 8.16. The molecule has 1 unspecified atom stereocenters. The van der Waals surface area contributed by atoms with Gasteiger partial charge in [0.1, 0.15) is 0 Å². The zero-order valence-corrected chi connectivity index (χ0v) is 21.7. The van der Waals surface area contributed by atoms with Crippen molar-refractivity contribution in [1.29, 1.82) is 0 Å². The summed E-state index contributed by atoms with van der Waals surface area (Å²) in [4.78, 5) is 2.93. The average Bonchev–Trinajstić information content (AvgIpc) is 3.36. The summed E-state index contributed by atoms with van der Waals surface area (Å²) >= 11 is 1.97. The first-order valence-corrected chi connectivity index (χ1v) is 14.4. The van der Waals surface area contributed by atoms with Crippen molar-refractivity contribution < 1.29 is 0 Å². The molecule has 8 rings (SSSR count). The summed E-state index contributed by atoms with van der Waals surface area (Å²) < 4.78 is 0. The Morgan fingerprint density at radius 3 is 2.30 bits per heavy atom. The van der Waals surface area contributed by atoms with Crippen LogP contribution in [0.2, 0.25) is 0 Å². The fraction of sp³-hybridized carbons (Fsp3) is 0.167. The van der Waals surface area contributed by atoms with E-state index in [1.165, 1.54) is 72.4 Å². The number of benzene rings is 4. The lowest BCUT2D eigenvalue weighted by molar-refractivity contribution is 0.838. The Kier molecular flexibility index (Phi) is 4.95. The van der Waals surface area contributed by atoms with Crippen LogP contribution in [0.5, 0.6) is 0 Å². The van der Waals surface area contributed by atoms with Gasteiger partial charge in [0.25, 0.3) is 0 Å².